The van der Waals surface area contributed by atoms with Crippen molar-refractivity contribution < 1.29 is 4.74 Å². The van der Waals surface area contributed by atoms with E-state index in [0.717, 1.165) is 51.3 Å². The zero-order valence-electron chi connectivity index (χ0n) is 15.1. The Morgan fingerprint density at radius 1 is 1.36 bits per heavy atom. The fraction of sp³-hybridized carbons (Fsp3) is 0.579. The maximum absolute atomic E-state index is 5.94. The van der Waals surface area contributed by atoms with E-state index < -0.39 is 0 Å². The number of ether oxygens (including phenoxy) is 1. The van der Waals surface area contributed by atoms with Gasteiger partial charge in [-0.2, -0.15) is 0 Å². The van der Waals surface area contributed by atoms with Gasteiger partial charge < -0.3 is 15.5 Å². The van der Waals surface area contributed by atoms with Gasteiger partial charge in [0, 0.05) is 44.1 Å². The van der Waals surface area contributed by atoms with Crippen LogP contribution in [0.4, 0.5) is 5.82 Å². The summed E-state index contributed by atoms with van der Waals surface area (Å²) in [5.41, 5.74) is 8.17. The van der Waals surface area contributed by atoms with Crippen molar-refractivity contribution in [3.05, 3.63) is 41.6 Å². The highest BCUT2D eigenvalue weighted by molar-refractivity contribution is 5.31. The van der Waals surface area contributed by atoms with Crippen LogP contribution in [0.25, 0.3) is 0 Å². The Hall–Kier alpha value is -1.92. The average molecular weight is 343 g/mol. The van der Waals surface area contributed by atoms with Crippen LogP contribution in [0.15, 0.2) is 24.5 Å². The van der Waals surface area contributed by atoms with Gasteiger partial charge in [-0.05, 0) is 37.0 Å². The maximum Gasteiger partial charge on any atom is 0.123 e. The lowest BCUT2D eigenvalue weighted by molar-refractivity contribution is -0.0348. The van der Waals surface area contributed by atoms with Crippen LogP contribution in [0, 0.1) is 0 Å². The second kappa shape index (κ2) is 8.97. The molecule has 0 unspecified atom stereocenters. The number of imidazole rings is 1. The first kappa shape index (κ1) is 17.9. The van der Waals surface area contributed by atoms with Crippen LogP contribution in [0.1, 0.15) is 43.3 Å². The zero-order chi connectivity index (χ0) is 17.5. The first-order valence-corrected chi connectivity index (χ1v) is 9.30. The first-order chi connectivity index (χ1) is 12.2. The summed E-state index contributed by atoms with van der Waals surface area (Å²) in [5, 5.41) is 0. The maximum atomic E-state index is 5.94. The number of unbranched alkanes of at least 4 members (excludes halogenated alkanes) is 1. The van der Waals surface area contributed by atoms with Gasteiger partial charge >= 0.3 is 0 Å². The van der Waals surface area contributed by atoms with Crippen molar-refractivity contribution in [2.24, 2.45) is 0 Å². The van der Waals surface area contributed by atoms with Gasteiger partial charge in [0.1, 0.15) is 11.6 Å². The Labute approximate surface area is 149 Å². The van der Waals surface area contributed by atoms with E-state index in [0.29, 0.717) is 5.82 Å². The summed E-state index contributed by atoms with van der Waals surface area (Å²) in [5.74, 6) is 1.69. The molecule has 0 aliphatic carbocycles. The highest BCUT2D eigenvalue weighted by Gasteiger charge is 2.21. The molecular weight excluding hydrogens is 314 g/mol. The summed E-state index contributed by atoms with van der Waals surface area (Å²) in [7, 11) is 0. The number of aryl methyl sites for hydroxylation is 2. The van der Waals surface area contributed by atoms with Crippen LogP contribution in [0.3, 0.4) is 0 Å². The molecule has 0 bridgehead atoms. The van der Waals surface area contributed by atoms with Gasteiger partial charge in [0.2, 0.25) is 0 Å². The molecule has 2 aromatic heterocycles. The fourth-order valence-corrected chi connectivity index (χ4v) is 3.27. The molecule has 1 aliphatic rings. The predicted molar refractivity (Wildman–Crippen MR) is 99.2 cm³/mol. The Kier molecular flexibility index (Phi) is 6.42. The molecular formula is C19H29N5O. The number of nitrogens with zero attached hydrogens (tertiary/aromatic N) is 3. The van der Waals surface area contributed by atoms with Gasteiger partial charge in [0.05, 0.1) is 12.7 Å². The van der Waals surface area contributed by atoms with Gasteiger partial charge in [0.15, 0.2) is 0 Å². The smallest absolute Gasteiger partial charge is 0.123 e. The zero-order valence-corrected chi connectivity index (χ0v) is 15.1. The molecule has 136 valence electrons. The molecule has 3 heterocycles. The molecule has 3 rings (SSSR count). The van der Waals surface area contributed by atoms with Gasteiger partial charge in [-0.1, -0.05) is 13.3 Å². The largest absolute Gasteiger partial charge is 0.384 e. The summed E-state index contributed by atoms with van der Waals surface area (Å²) in [6.45, 7) is 5.85. The van der Waals surface area contributed by atoms with E-state index in [2.05, 4.69) is 26.8 Å². The lowest BCUT2D eigenvalue weighted by Gasteiger charge is -2.32. The number of nitrogen functional groups attached to an aromatic ring is 1. The Morgan fingerprint density at radius 3 is 3.12 bits per heavy atom. The van der Waals surface area contributed by atoms with Crippen molar-refractivity contribution in [3.63, 3.8) is 0 Å². The van der Waals surface area contributed by atoms with Crippen LogP contribution in [0.5, 0.6) is 0 Å². The van der Waals surface area contributed by atoms with E-state index in [1.54, 1.807) is 6.20 Å². The number of pyridine rings is 1. The number of nitrogens with one attached hydrogen (secondary N) is 1. The van der Waals surface area contributed by atoms with Gasteiger partial charge in [-0.25, -0.2) is 9.97 Å². The lowest BCUT2D eigenvalue weighted by atomic mass is 10.1. The SMILES string of the molecule is CCCCc1ncc(CN2CCO[C@@H](CCc3ccnc(N)c3)C2)[nH]1. The van der Waals surface area contributed by atoms with E-state index in [-0.39, 0.29) is 6.10 Å². The van der Waals surface area contributed by atoms with Crippen LogP contribution in [-0.2, 0) is 24.1 Å². The number of anilines is 1. The first-order valence-electron chi connectivity index (χ1n) is 9.30. The van der Waals surface area contributed by atoms with Crippen molar-refractivity contribution in [2.45, 2.75) is 51.7 Å². The van der Waals surface area contributed by atoms with E-state index in [1.165, 1.54) is 24.1 Å². The highest BCUT2D eigenvalue weighted by atomic mass is 16.5. The molecule has 1 atom stereocenters. The second-order valence-corrected chi connectivity index (χ2v) is 6.81. The van der Waals surface area contributed by atoms with Crippen molar-refractivity contribution in [2.75, 3.05) is 25.4 Å². The third-order valence-corrected chi connectivity index (χ3v) is 4.67. The molecule has 0 radical (unpaired) electrons. The average Bonchev–Trinajstić information content (AvgIpc) is 3.06. The van der Waals surface area contributed by atoms with Crippen LogP contribution < -0.4 is 5.73 Å². The van der Waals surface area contributed by atoms with E-state index in [9.17, 15) is 0 Å². The number of hydrogen-bond donors (Lipinski definition) is 2. The molecule has 0 spiro atoms. The number of hydrogen-bond acceptors (Lipinski definition) is 5. The summed E-state index contributed by atoms with van der Waals surface area (Å²) in [6.07, 6.45) is 9.42. The summed E-state index contributed by atoms with van der Waals surface area (Å²) in [6, 6.07) is 3.97. The highest BCUT2D eigenvalue weighted by Crippen LogP contribution is 2.15. The summed E-state index contributed by atoms with van der Waals surface area (Å²) in [4.78, 5) is 14.4. The molecule has 6 nitrogen and oxygen atoms in total. The predicted octanol–water partition coefficient (Wildman–Crippen LogP) is 2.56. The molecule has 6 heteroatoms. The van der Waals surface area contributed by atoms with Crippen molar-refractivity contribution in [1.29, 1.82) is 0 Å². The Balaban J connectivity index is 1.46. The number of aromatic nitrogens is 3. The number of rotatable bonds is 8. The standard InChI is InChI=1S/C19H29N5O/c1-2-3-4-19-22-12-16(23-19)13-24-9-10-25-17(14-24)6-5-15-7-8-21-18(20)11-15/h7-8,11-12,17H,2-6,9-10,13-14H2,1H3,(H2,20,21)(H,22,23)/t17-/m0/s1. The minimum Gasteiger partial charge on any atom is -0.384 e. The van der Waals surface area contributed by atoms with Crippen LogP contribution in [0.2, 0.25) is 0 Å². The molecule has 0 aromatic carbocycles. The lowest BCUT2D eigenvalue weighted by Crippen LogP contribution is -2.42. The monoisotopic (exact) mass is 343 g/mol. The van der Waals surface area contributed by atoms with Crippen molar-refractivity contribution >= 4 is 5.82 Å². The van der Waals surface area contributed by atoms with Gasteiger partial charge in [0.25, 0.3) is 0 Å². The van der Waals surface area contributed by atoms with Crippen molar-refractivity contribution in [1.82, 2.24) is 19.9 Å². The third-order valence-electron chi connectivity index (χ3n) is 4.67. The van der Waals surface area contributed by atoms with Gasteiger partial charge in [-0.15, -0.1) is 0 Å². The normalized spacial score (nSPS) is 18.5. The molecule has 3 N–H and O–H groups in total. The Morgan fingerprint density at radius 2 is 2.28 bits per heavy atom. The second-order valence-electron chi connectivity index (χ2n) is 6.81. The quantitative estimate of drug-likeness (QED) is 0.770. The molecule has 1 fully saturated rings. The van der Waals surface area contributed by atoms with Crippen LogP contribution >= 0.6 is 0 Å². The van der Waals surface area contributed by atoms with E-state index in [4.69, 9.17) is 10.5 Å². The fourth-order valence-electron chi connectivity index (χ4n) is 3.27. The van der Waals surface area contributed by atoms with E-state index in [1.807, 2.05) is 18.3 Å². The molecule has 1 saturated heterocycles. The number of H-pyrrole nitrogens is 1. The van der Waals surface area contributed by atoms with Crippen molar-refractivity contribution in [3.8, 4) is 0 Å². The summed E-state index contributed by atoms with van der Waals surface area (Å²) < 4.78 is 5.94. The van der Waals surface area contributed by atoms with Gasteiger partial charge in [-0.3, -0.25) is 4.90 Å². The summed E-state index contributed by atoms with van der Waals surface area (Å²) >= 11 is 0. The minimum atomic E-state index is 0.269. The Bertz CT molecular complexity index is 657. The number of aromatic amines is 1. The molecule has 0 saturated carbocycles. The van der Waals surface area contributed by atoms with Crippen LogP contribution in [-0.4, -0.2) is 45.7 Å². The molecule has 2 aromatic rings. The van der Waals surface area contributed by atoms with E-state index >= 15 is 0 Å². The molecule has 0 amide bonds. The molecule has 25 heavy (non-hydrogen) atoms. The third kappa shape index (κ3) is 5.54. The number of morpholine rings is 1. The number of nitrogens with two attached hydrogens (primary N) is 1. The topological polar surface area (TPSA) is 80.1 Å². The molecule has 1 aliphatic heterocycles. The minimum absolute atomic E-state index is 0.269.